The van der Waals surface area contributed by atoms with Gasteiger partial charge in [-0.25, -0.2) is 9.83 Å². The summed E-state index contributed by atoms with van der Waals surface area (Å²) in [6, 6.07) is 78.4. The van der Waals surface area contributed by atoms with E-state index in [0.29, 0.717) is 23.3 Å². The Bertz CT molecular complexity index is 3960. The molecule has 12 aromatic rings. The summed E-state index contributed by atoms with van der Waals surface area (Å²) in [4.78, 5) is 20.3. The lowest BCUT2D eigenvalue weighted by atomic mass is 9.79. The molecule has 0 spiro atoms. The minimum absolute atomic E-state index is 0.0851. The molecule has 9 aromatic carbocycles. The monoisotopic (exact) mass is 958 g/mol. The average Bonchev–Trinajstić information content (AvgIpc) is 3.94. The van der Waals surface area contributed by atoms with Gasteiger partial charge in [0.25, 0.3) is 0 Å². The van der Waals surface area contributed by atoms with Crippen LogP contribution in [0.2, 0.25) is 0 Å². The quantitative estimate of drug-likeness (QED) is 0.0866. The number of para-hydroxylation sites is 2. The van der Waals surface area contributed by atoms with Gasteiger partial charge in [-0.05, 0) is 90.6 Å². The van der Waals surface area contributed by atoms with Crippen molar-refractivity contribution in [1.82, 2.24) is 24.1 Å². The Morgan fingerprint density at radius 3 is 1.47 bits per heavy atom. The molecule has 3 aromatic heterocycles. The van der Waals surface area contributed by atoms with Gasteiger partial charge in [-0.3, -0.25) is 4.57 Å². The SMILES string of the molecule is [C-]#[N+]c1ccc2c(c1)c1cc(C(C)(C)C)cc(C(C)(C)C)c1n2-c1cccc(-c2nc(-c3cccc([Si](c4ccccc4)(c4ccccc4)c4ccccc4)c3)nc(-n3c4ccccc4c4ccccc43)n2)c1. The molecular formula is C66H54N6Si. The summed E-state index contributed by atoms with van der Waals surface area (Å²) >= 11 is 0. The highest BCUT2D eigenvalue weighted by molar-refractivity contribution is 7.19. The van der Waals surface area contributed by atoms with E-state index in [2.05, 4.69) is 268 Å². The van der Waals surface area contributed by atoms with E-state index >= 15 is 0 Å². The Labute approximate surface area is 427 Å². The Morgan fingerprint density at radius 2 is 0.918 bits per heavy atom. The van der Waals surface area contributed by atoms with Crippen molar-refractivity contribution < 1.29 is 0 Å². The van der Waals surface area contributed by atoms with Crippen LogP contribution in [0.5, 0.6) is 0 Å². The second-order valence-corrected chi connectivity index (χ2v) is 25.0. The molecule has 0 radical (unpaired) electrons. The van der Waals surface area contributed by atoms with Crippen LogP contribution in [0.25, 0.3) is 82.9 Å². The van der Waals surface area contributed by atoms with Crippen molar-refractivity contribution in [3.63, 3.8) is 0 Å². The Hall–Kier alpha value is -8.70. The van der Waals surface area contributed by atoms with Gasteiger partial charge in [0.2, 0.25) is 5.95 Å². The van der Waals surface area contributed by atoms with Gasteiger partial charge in [0.1, 0.15) is 0 Å². The van der Waals surface area contributed by atoms with Crippen LogP contribution < -0.4 is 20.7 Å². The second-order valence-electron chi connectivity index (χ2n) is 21.2. The minimum Gasteiger partial charge on any atom is -0.309 e. The smallest absolute Gasteiger partial charge is 0.238 e. The van der Waals surface area contributed by atoms with Gasteiger partial charge in [-0.2, -0.15) is 9.97 Å². The molecule has 352 valence electrons. The van der Waals surface area contributed by atoms with Gasteiger partial charge < -0.3 is 4.57 Å². The zero-order valence-electron chi connectivity index (χ0n) is 42.0. The molecule has 0 amide bonds. The summed E-state index contributed by atoms with van der Waals surface area (Å²) < 4.78 is 4.57. The van der Waals surface area contributed by atoms with Crippen LogP contribution in [0, 0.1) is 6.57 Å². The predicted molar refractivity (Wildman–Crippen MR) is 307 cm³/mol. The summed E-state index contributed by atoms with van der Waals surface area (Å²) in [6.07, 6.45) is 0. The number of hydrogen-bond acceptors (Lipinski definition) is 3. The number of benzene rings is 9. The lowest BCUT2D eigenvalue weighted by molar-refractivity contribution is 0.572. The molecule has 0 aliphatic rings. The van der Waals surface area contributed by atoms with E-state index in [1.165, 1.54) is 31.9 Å². The molecule has 0 saturated carbocycles. The van der Waals surface area contributed by atoms with Crippen LogP contribution in [-0.2, 0) is 10.8 Å². The van der Waals surface area contributed by atoms with Crippen molar-refractivity contribution in [1.29, 1.82) is 0 Å². The molecule has 12 rings (SSSR count). The van der Waals surface area contributed by atoms with Crippen LogP contribution in [0.1, 0.15) is 52.7 Å². The maximum absolute atomic E-state index is 8.00. The molecule has 0 bridgehead atoms. The molecule has 0 aliphatic carbocycles. The van der Waals surface area contributed by atoms with Crippen molar-refractivity contribution in [3.05, 3.63) is 241 Å². The van der Waals surface area contributed by atoms with Crippen molar-refractivity contribution in [2.45, 2.75) is 52.4 Å². The lowest BCUT2D eigenvalue weighted by Gasteiger charge is -2.34. The fraction of sp³-hybridized carbons (Fsp3) is 0.121. The van der Waals surface area contributed by atoms with Gasteiger partial charge in [-0.15, -0.1) is 0 Å². The first-order valence-electron chi connectivity index (χ1n) is 25.1. The molecule has 0 unspecified atom stereocenters. The van der Waals surface area contributed by atoms with E-state index in [1.807, 2.05) is 6.07 Å². The van der Waals surface area contributed by atoms with Crippen molar-refractivity contribution in [2.75, 3.05) is 0 Å². The highest BCUT2D eigenvalue weighted by atomic mass is 28.3. The number of aromatic nitrogens is 5. The van der Waals surface area contributed by atoms with Gasteiger partial charge in [0.05, 0.1) is 28.6 Å². The Balaban J connectivity index is 1.12. The zero-order valence-corrected chi connectivity index (χ0v) is 43.0. The highest BCUT2D eigenvalue weighted by Crippen LogP contribution is 2.43. The first-order chi connectivity index (χ1) is 35.4. The van der Waals surface area contributed by atoms with Crippen LogP contribution in [0.3, 0.4) is 0 Å². The molecule has 0 N–H and O–H groups in total. The van der Waals surface area contributed by atoms with Gasteiger partial charge >= 0.3 is 0 Å². The number of rotatable bonds is 8. The second kappa shape index (κ2) is 17.6. The number of nitrogens with zero attached hydrogens (tertiary/aromatic N) is 6. The third kappa shape index (κ3) is 7.65. The third-order valence-corrected chi connectivity index (χ3v) is 19.4. The van der Waals surface area contributed by atoms with E-state index in [9.17, 15) is 0 Å². The molecule has 0 saturated heterocycles. The van der Waals surface area contributed by atoms with E-state index in [1.54, 1.807) is 0 Å². The molecule has 73 heavy (non-hydrogen) atoms. The summed E-state index contributed by atoms with van der Waals surface area (Å²) in [7, 11) is -2.90. The average molecular weight is 959 g/mol. The van der Waals surface area contributed by atoms with Gasteiger partial charge in [0, 0.05) is 33.0 Å². The van der Waals surface area contributed by atoms with E-state index in [0.717, 1.165) is 60.4 Å². The summed E-state index contributed by atoms with van der Waals surface area (Å²) in [5.41, 5.74) is 9.81. The summed E-state index contributed by atoms with van der Waals surface area (Å²) in [5.74, 6) is 1.69. The first kappa shape index (κ1) is 45.4. The van der Waals surface area contributed by atoms with E-state index in [4.69, 9.17) is 21.5 Å². The predicted octanol–water partition coefficient (Wildman–Crippen LogP) is 13.9. The normalized spacial score (nSPS) is 12.2. The number of hydrogen-bond donors (Lipinski definition) is 0. The van der Waals surface area contributed by atoms with Crippen LogP contribution >= 0.6 is 0 Å². The largest absolute Gasteiger partial charge is 0.309 e. The lowest BCUT2D eigenvalue weighted by Crippen LogP contribution is -2.74. The molecular weight excluding hydrogens is 905 g/mol. The van der Waals surface area contributed by atoms with Crippen LogP contribution in [0.4, 0.5) is 5.69 Å². The van der Waals surface area contributed by atoms with Crippen molar-refractivity contribution in [3.8, 4) is 34.4 Å². The fourth-order valence-electron chi connectivity index (χ4n) is 11.1. The number of fused-ring (bicyclic) bond motifs is 6. The van der Waals surface area contributed by atoms with E-state index in [-0.39, 0.29) is 10.8 Å². The van der Waals surface area contributed by atoms with Gasteiger partial charge in [0.15, 0.2) is 25.4 Å². The standard InChI is InChI=1S/C66H54N6Si/c1-65(2,3)46-41-56-55-43-47(67-7)37-38-60(55)71(61(56)57(42-46)66(4,5)6)48-25-21-23-44(39-48)62-68-63(70-64(69-62)72-58-35-19-17-33-53(58)54-34-18-20-36-59(54)72)45-24-22-32-52(40-45)73(49-26-11-8-12-27-49,50-28-13-9-14-29-50)51-30-15-10-16-31-51/h8-43H,1-6H3. The van der Waals surface area contributed by atoms with Crippen LogP contribution in [0.15, 0.2) is 218 Å². The van der Waals surface area contributed by atoms with Crippen molar-refractivity contribution >= 4 is 78.1 Å². The molecule has 7 heteroatoms. The summed E-state index contributed by atoms with van der Waals surface area (Å²) in [6.45, 7) is 21.7. The maximum atomic E-state index is 8.00. The van der Waals surface area contributed by atoms with E-state index < -0.39 is 8.07 Å². The Kier molecular flexibility index (Phi) is 10.9. The maximum Gasteiger partial charge on any atom is 0.238 e. The highest BCUT2D eigenvalue weighted by Gasteiger charge is 2.41. The topological polar surface area (TPSA) is 52.9 Å². The third-order valence-electron chi connectivity index (χ3n) is 14.6. The van der Waals surface area contributed by atoms with Gasteiger partial charge in [-0.1, -0.05) is 217 Å². The fourth-order valence-corrected chi connectivity index (χ4v) is 15.9. The zero-order chi connectivity index (χ0) is 50.1. The van der Waals surface area contributed by atoms with Crippen molar-refractivity contribution in [2.24, 2.45) is 0 Å². The molecule has 3 heterocycles. The molecule has 0 fully saturated rings. The molecule has 6 nitrogen and oxygen atoms in total. The molecule has 0 aliphatic heterocycles. The van der Waals surface area contributed by atoms with Crippen LogP contribution in [-0.4, -0.2) is 32.2 Å². The first-order valence-corrected chi connectivity index (χ1v) is 27.1. The Morgan fingerprint density at radius 1 is 0.411 bits per heavy atom. The minimum atomic E-state index is -2.90. The molecule has 0 atom stereocenters. The summed E-state index contributed by atoms with van der Waals surface area (Å²) in [5, 5.41) is 9.57.